The van der Waals surface area contributed by atoms with Gasteiger partial charge in [-0.15, -0.1) is 0 Å². The van der Waals surface area contributed by atoms with Crippen molar-refractivity contribution in [2.75, 3.05) is 39.3 Å². The van der Waals surface area contributed by atoms with E-state index >= 15 is 0 Å². The van der Waals surface area contributed by atoms with Crippen molar-refractivity contribution in [2.24, 2.45) is 0 Å². The third kappa shape index (κ3) is 4.75. The minimum Gasteiger partial charge on any atom is -0.385 e. The maximum atomic E-state index is 4.97. The summed E-state index contributed by atoms with van der Waals surface area (Å²) in [6.45, 7) is 1.98. The Morgan fingerprint density at radius 1 is 1.27 bits per heavy atom. The smallest absolute Gasteiger partial charge is 0.321 e. The summed E-state index contributed by atoms with van der Waals surface area (Å²) in [6, 6.07) is 0.444. The molecule has 6 nitrogen and oxygen atoms in total. The first-order valence-corrected chi connectivity index (χ1v) is 4.91. The van der Waals surface area contributed by atoms with E-state index in [1.165, 1.54) is 0 Å². The van der Waals surface area contributed by atoms with Gasteiger partial charge in [0.2, 0.25) is 0 Å². The second kappa shape index (κ2) is 7.19. The number of ether oxygens (including phenoxy) is 2. The first kappa shape index (κ1) is 11.9. The van der Waals surface area contributed by atoms with Crippen molar-refractivity contribution in [2.45, 2.75) is 12.8 Å². The van der Waals surface area contributed by atoms with E-state index in [4.69, 9.17) is 14.0 Å². The van der Waals surface area contributed by atoms with Crippen LogP contribution >= 0.6 is 0 Å². The Labute approximate surface area is 88.9 Å². The van der Waals surface area contributed by atoms with Crippen molar-refractivity contribution in [3.05, 3.63) is 5.82 Å². The highest BCUT2D eigenvalue weighted by molar-refractivity contribution is 5.17. The fraction of sp³-hybridized carbons (Fsp3) is 0.778. The Kier molecular flexibility index (Phi) is 5.72. The van der Waals surface area contributed by atoms with Gasteiger partial charge in [0.15, 0.2) is 5.82 Å². The topological polar surface area (TPSA) is 69.4 Å². The predicted octanol–water partition coefficient (Wildman–Crippen LogP) is 0.707. The molecule has 1 N–H and O–H groups in total. The van der Waals surface area contributed by atoms with Crippen molar-refractivity contribution in [1.82, 2.24) is 10.1 Å². The molecule has 1 rings (SSSR count). The predicted molar refractivity (Wildman–Crippen MR) is 54.9 cm³/mol. The molecule has 0 atom stereocenters. The first-order chi connectivity index (χ1) is 7.36. The van der Waals surface area contributed by atoms with Crippen molar-refractivity contribution >= 4 is 6.01 Å². The second-order valence-electron chi connectivity index (χ2n) is 3.03. The quantitative estimate of drug-likeness (QED) is 0.644. The normalized spacial score (nSPS) is 10.5. The lowest BCUT2D eigenvalue weighted by Gasteiger charge is -1.97. The molecule has 0 unspecified atom stereocenters. The molecule has 0 fully saturated rings. The first-order valence-electron chi connectivity index (χ1n) is 4.91. The van der Waals surface area contributed by atoms with Gasteiger partial charge in [0.05, 0.1) is 6.61 Å². The number of hydrogen-bond acceptors (Lipinski definition) is 6. The number of nitrogens with one attached hydrogen (secondary N) is 1. The zero-order chi connectivity index (χ0) is 10.9. The van der Waals surface area contributed by atoms with Gasteiger partial charge in [-0.05, 0) is 6.42 Å². The van der Waals surface area contributed by atoms with Crippen LogP contribution in [0.1, 0.15) is 12.2 Å². The van der Waals surface area contributed by atoms with Crippen molar-refractivity contribution in [1.29, 1.82) is 0 Å². The summed E-state index contributed by atoms with van der Waals surface area (Å²) >= 11 is 0. The van der Waals surface area contributed by atoms with Gasteiger partial charge in [-0.2, -0.15) is 4.98 Å². The Morgan fingerprint density at radius 2 is 2.07 bits per heavy atom. The van der Waals surface area contributed by atoms with Crippen LogP contribution in [0.2, 0.25) is 0 Å². The molecule has 1 heterocycles. The van der Waals surface area contributed by atoms with Crippen LogP contribution in [0.4, 0.5) is 6.01 Å². The van der Waals surface area contributed by atoms with Gasteiger partial charge < -0.3 is 19.3 Å². The monoisotopic (exact) mass is 215 g/mol. The maximum Gasteiger partial charge on any atom is 0.321 e. The highest BCUT2D eigenvalue weighted by atomic mass is 16.5. The van der Waals surface area contributed by atoms with Crippen LogP contribution in [0.15, 0.2) is 4.52 Å². The van der Waals surface area contributed by atoms with Crippen LogP contribution in [0, 0.1) is 0 Å². The maximum absolute atomic E-state index is 4.97. The summed E-state index contributed by atoms with van der Waals surface area (Å²) in [5, 5.41) is 6.78. The minimum atomic E-state index is 0.444. The summed E-state index contributed by atoms with van der Waals surface area (Å²) in [5.41, 5.74) is 0. The highest BCUT2D eigenvalue weighted by Gasteiger charge is 2.04. The molecule has 0 saturated carbocycles. The summed E-state index contributed by atoms with van der Waals surface area (Å²) < 4.78 is 14.8. The summed E-state index contributed by atoms with van der Waals surface area (Å²) in [4.78, 5) is 4.15. The van der Waals surface area contributed by atoms with Crippen molar-refractivity contribution < 1.29 is 14.0 Å². The molecule has 0 aliphatic carbocycles. The Hall–Kier alpha value is -1.14. The van der Waals surface area contributed by atoms with E-state index in [2.05, 4.69) is 15.5 Å². The lowest BCUT2D eigenvalue weighted by molar-refractivity contribution is 0.194. The molecule has 0 aromatic carbocycles. The molecule has 6 heteroatoms. The summed E-state index contributed by atoms with van der Waals surface area (Å²) in [6.07, 6.45) is 1.66. The number of aryl methyl sites for hydroxylation is 1. The SMILES string of the molecule is COCCCc1noc(NCCOC)n1. The van der Waals surface area contributed by atoms with E-state index in [0.717, 1.165) is 12.8 Å². The van der Waals surface area contributed by atoms with Gasteiger partial charge >= 0.3 is 6.01 Å². The largest absolute Gasteiger partial charge is 0.385 e. The lowest BCUT2D eigenvalue weighted by atomic mass is 10.3. The summed E-state index contributed by atoms with van der Waals surface area (Å²) in [7, 11) is 3.32. The van der Waals surface area contributed by atoms with E-state index in [1.807, 2.05) is 0 Å². The highest BCUT2D eigenvalue weighted by Crippen LogP contribution is 2.04. The van der Waals surface area contributed by atoms with Gasteiger partial charge in [0, 0.05) is 33.8 Å². The summed E-state index contributed by atoms with van der Waals surface area (Å²) in [5.74, 6) is 0.701. The van der Waals surface area contributed by atoms with Gasteiger partial charge in [-0.3, -0.25) is 0 Å². The van der Waals surface area contributed by atoms with Gasteiger partial charge in [-0.25, -0.2) is 0 Å². The lowest BCUT2D eigenvalue weighted by Crippen LogP contribution is -2.07. The van der Waals surface area contributed by atoms with Crippen LogP contribution in [0.5, 0.6) is 0 Å². The van der Waals surface area contributed by atoms with Crippen LogP contribution in [0.3, 0.4) is 0 Å². The molecule has 0 aliphatic rings. The fourth-order valence-electron chi connectivity index (χ4n) is 1.06. The van der Waals surface area contributed by atoms with Crippen molar-refractivity contribution in [3.63, 3.8) is 0 Å². The Morgan fingerprint density at radius 3 is 2.80 bits per heavy atom. The van der Waals surface area contributed by atoms with Crippen molar-refractivity contribution in [3.8, 4) is 0 Å². The number of hydrogen-bond donors (Lipinski definition) is 1. The molecule has 0 bridgehead atoms. The molecule has 15 heavy (non-hydrogen) atoms. The third-order valence-corrected chi connectivity index (χ3v) is 1.80. The van der Waals surface area contributed by atoms with E-state index in [-0.39, 0.29) is 0 Å². The molecule has 1 aromatic rings. The van der Waals surface area contributed by atoms with Crippen LogP contribution < -0.4 is 5.32 Å². The number of rotatable bonds is 8. The van der Waals surface area contributed by atoms with Gasteiger partial charge in [0.1, 0.15) is 0 Å². The van der Waals surface area contributed by atoms with E-state index in [0.29, 0.717) is 31.6 Å². The van der Waals surface area contributed by atoms with Crippen LogP contribution in [-0.2, 0) is 15.9 Å². The average Bonchev–Trinajstić information content (AvgIpc) is 2.67. The zero-order valence-corrected chi connectivity index (χ0v) is 9.15. The van der Waals surface area contributed by atoms with E-state index < -0.39 is 0 Å². The molecule has 1 aromatic heterocycles. The van der Waals surface area contributed by atoms with E-state index in [1.54, 1.807) is 14.2 Å². The van der Waals surface area contributed by atoms with Gasteiger partial charge in [-0.1, -0.05) is 5.16 Å². The molecular weight excluding hydrogens is 198 g/mol. The van der Waals surface area contributed by atoms with Gasteiger partial charge in [0.25, 0.3) is 0 Å². The molecular formula is C9H17N3O3. The number of methoxy groups -OCH3 is 2. The molecule has 86 valence electrons. The number of anilines is 1. The standard InChI is InChI=1S/C9H17N3O3/c1-13-6-3-4-8-11-9(15-12-8)10-5-7-14-2/h3-7H2,1-2H3,(H,10,11,12). The van der Waals surface area contributed by atoms with Crippen LogP contribution in [-0.4, -0.2) is 44.1 Å². The fourth-order valence-corrected chi connectivity index (χ4v) is 1.06. The molecule has 0 saturated heterocycles. The van der Waals surface area contributed by atoms with Crippen LogP contribution in [0.25, 0.3) is 0 Å². The molecule has 0 aliphatic heterocycles. The van der Waals surface area contributed by atoms with E-state index in [9.17, 15) is 0 Å². The Bertz CT molecular complexity index is 240. The Balaban J connectivity index is 2.23. The number of aromatic nitrogens is 2. The second-order valence-corrected chi connectivity index (χ2v) is 3.03. The molecule has 0 amide bonds. The number of nitrogens with zero attached hydrogens (tertiary/aromatic N) is 2. The zero-order valence-electron chi connectivity index (χ0n) is 9.15. The molecule has 0 spiro atoms. The molecule has 0 radical (unpaired) electrons. The third-order valence-electron chi connectivity index (χ3n) is 1.80. The minimum absolute atomic E-state index is 0.444. The average molecular weight is 215 g/mol.